The highest BCUT2D eigenvalue weighted by molar-refractivity contribution is 7.52. The highest BCUT2D eigenvalue weighted by Crippen LogP contribution is 2.45. The van der Waals surface area contributed by atoms with Crippen LogP contribution in [0.5, 0.6) is 0 Å². The van der Waals surface area contributed by atoms with Gasteiger partial charge in [-0.05, 0) is 0 Å². The van der Waals surface area contributed by atoms with Crippen LogP contribution < -0.4 is 0 Å². The van der Waals surface area contributed by atoms with Crippen molar-refractivity contribution in [2.75, 3.05) is 0 Å². The van der Waals surface area contributed by atoms with Gasteiger partial charge < -0.3 is 14.6 Å². The number of benzene rings is 1. The second-order valence-electron chi connectivity index (χ2n) is 3.59. The molecule has 1 atom stereocenters. The molecule has 90 valence electrons. The number of hydrogen-bond donors (Lipinski definition) is 2. The molecule has 0 saturated heterocycles. The van der Waals surface area contributed by atoms with Crippen LogP contribution in [0.25, 0.3) is 0 Å². The van der Waals surface area contributed by atoms with Crippen molar-refractivity contribution in [1.82, 2.24) is 0 Å². The van der Waals surface area contributed by atoms with Gasteiger partial charge in [-0.25, -0.2) is 0 Å². The monoisotopic (exact) mass is 255 g/mol. The van der Waals surface area contributed by atoms with Crippen molar-refractivity contribution in [2.24, 2.45) is 5.16 Å². The molecule has 0 bridgehead atoms. The molecular formula is C10H10NO5P. The summed E-state index contributed by atoms with van der Waals surface area (Å²) in [5, 5.41) is 3.43. The third kappa shape index (κ3) is 2.61. The Morgan fingerprint density at radius 2 is 2.00 bits per heavy atom. The van der Waals surface area contributed by atoms with Crippen LogP contribution >= 0.6 is 7.60 Å². The summed E-state index contributed by atoms with van der Waals surface area (Å²) < 4.78 is 10.9. The first-order valence-corrected chi connectivity index (χ1v) is 6.54. The Kier molecular flexibility index (Phi) is 3.11. The van der Waals surface area contributed by atoms with Crippen LogP contribution in [0.2, 0.25) is 0 Å². The van der Waals surface area contributed by atoms with E-state index in [1.54, 1.807) is 30.3 Å². The van der Waals surface area contributed by atoms with E-state index in [1.807, 2.05) is 0 Å². The van der Waals surface area contributed by atoms with Gasteiger partial charge in [0.05, 0.1) is 0 Å². The Morgan fingerprint density at radius 3 is 2.53 bits per heavy atom. The molecule has 0 saturated carbocycles. The minimum Gasteiger partial charge on any atom is -0.379 e. The number of oxime groups is 1. The second-order valence-corrected chi connectivity index (χ2v) is 5.34. The summed E-state index contributed by atoms with van der Waals surface area (Å²) in [4.78, 5) is 34.2. The Balaban J connectivity index is 2.12. The average molecular weight is 255 g/mol. The maximum Gasteiger partial charge on any atom is 0.368 e. The predicted molar refractivity (Wildman–Crippen MR) is 59.7 cm³/mol. The van der Waals surface area contributed by atoms with Gasteiger partial charge in [0.2, 0.25) is 11.6 Å². The van der Waals surface area contributed by atoms with Crippen molar-refractivity contribution >= 4 is 19.1 Å². The fourth-order valence-electron chi connectivity index (χ4n) is 1.44. The van der Waals surface area contributed by atoms with Gasteiger partial charge in [0, 0.05) is 12.0 Å². The summed E-state index contributed by atoms with van der Waals surface area (Å²) in [7, 11) is -4.37. The number of ketones is 1. The number of carbonyl (C=O) groups is 1. The van der Waals surface area contributed by atoms with E-state index in [0.29, 0.717) is 5.56 Å². The molecule has 0 fully saturated rings. The Hall–Kier alpha value is -1.49. The standard InChI is InChI=1S/C10H10NO5P/c12-10(7-4-2-1-3-5-7)8-6-9(16-11-8)17(13,14)15/h1-5,9H,6H2,(H2,13,14,15). The Bertz CT molecular complexity index is 507. The molecule has 0 aliphatic carbocycles. The summed E-state index contributed by atoms with van der Waals surface area (Å²) in [6, 6.07) is 8.38. The highest BCUT2D eigenvalue weighted by Gasteiger charge is 2.38. The predicted octanol–water partition coefficient (Wildman–Crippen LogP) is 1.15. The fourth-order valence-corrected chi connectivity index (χ4v) is 2.02. The first-order valence-electron chi connectivity index (χ1n) is 4.86. The van der Waals surface area contributed by atoms with E-state index in [4.69, 9.17) is 9.79 Å². The van der Waals surface area contributed by atoms with Crippen molar-refractivity contribution in [3.63, 3.8) is 0 Å². The molecule has 1 aliphatic heterocycles. The lowest BCUT2D eigenvalue weighted by atomic mass is 10.1. The lowest BCUT2D eigenvalue weighted by molar-refractivity contribution is 0.105. The van der Waals surface area contributed by atoms with Gasteiger partial charge in [-0.2, -0.15) is 0 Å². The number of nitrogens with zero attached hydrogens (tertiary/aromatic N) is 1. The van der Waals surface area contributed by atoms with E-state index in [2.05, 4.69) is 9.99 Å². The number of carbonyl (C=O) groups excluding carboxylic acids is 1. The lowest BCUT2D eigenvalue weighted by Gasteiger charge is -2.08. The minimum absolute atomic E-state index is 0.0320. The summed E-state index contributed by atoms with van der Waals surface area (Å²) in [5.74, 6) is -1.72. The minimum atomic E-state index is -4.37. The number of Topliss-reactive ketones (excluding diaryl/α,β-unsaturated/α-hetero) is 1. The molecular weight excluding hydrogens is 245 g/mol. The van der Waals surface area contributed by atoms with Crippen LogP contribution in [0.4, 0.5) is 0 Å². The van der Waals surface area contributed by atoms with E-state index in [0.717, 1.165) is 0 Å². The maximum atomic E-state index is 11.9. The zero-order valence-corrected chi connectivity index (χ0v) is 9.58. The van der Waals surface area contributed by atoms with Gasteiger partial charge in [-0.15, -0.1) is 0 Å². The molecule has 0 aromatic heterocycles. The van der Waals surface area contributed by atoms with Crippen LogP contribution in [-0.4, -0.2) is 27.1 Å². The van der Waals surface area contributed by atoms with Gasteiger partial charge in [-0.3, -0.25) is 9.36 Å². The van der Waals surface area contributed by atoms with Crippen LogP contribution in [0.1, 0.15) is 16.8 Å². The van der Waals surface area contributed by atoms with Crippen molar-refractivity contribution in [3.8, 4) is 0 Å². The van der Waals surface area contributed by atoms with E-state index >= 15 is 0 Å². The van der Waals surface area contributed by atoms with Crippen LogP contribution in [0, 0.1) is 0 Å². The largest absolute Gasteiger partial charge is 0.379 e. The van der Waals surface area contributed by atoms with Crippen LogP contribution in [0.3, 0.4) is 0 Å². The quantitative estimate of drug-likeness (QED) is 0.623. The third-order valence-corrected chi connectivity index (χ3v) is 3.35. The fraction of sp³-hybridized carbons (Fsp3) is 0.200. The average Bonchev–Trinajstić information content (AvgIpc) is 2.78. The molecule has 0 radical (unpaired) electrons. The normalized spacial score (nSPS) is 19.6. The first-order chi connectivity index (χ1) is 7.98. The zero-order valence-electron chi connectivity index (χ0n) is 8.68. The molecule has 2 rings (SSSR count). The first kappa shape index (κ1) is 12.0. The molecule has 0 amide bonds. The SMILES string of the molecule is O=C(C1=NOC(P(=O)(O)O)C1)c1ccccc1. The number of rotatable bonds is 3. The van der Waals surface area contributed by atoms with Crippen molar-refractivity contribution in [1.29, 1.82) is 0 Å². The summed E-state index contributed by atoms with van der Waals surface area (Å²) in [5.41, 5.74) is 0.450. The molecule has 1 unspecified atom stereocenters. The molecule has 1 aromatic rings. The van der Waals surface area contributed by atoms with E-state index in [1.165, 1.54) is 0 Å². The number of hydrogen-bond acceptors (Lipinski definition) is 4. The molecule has 1 heterocycles. The van der Waals surface area contributed by atoms with Gasteiger partial charge in [0.1, 0.15) is 5.71 Å². The molecule has 2 N–H and O–H groups in total. The van der Waals surface area contributed by atoms with Gasteiger partial charge >= 0.3 is 7.60 Å². The molecule has 6 nitrogen and oxygen atoms in total. The van der Waals surface area contributed by atoms with Crippen molar-refractivity contribution in [3.05, 3.63) is 35.9 Å². The third-order valence-electron chi connectivity index (χ3n) is 2.33. The van der Waals surface area contributed by atoms with Gasteiger partial charge in [0.25, 0.3) is 0 Å². The molecule has 0 spiro atoms. The lowest BCUT2D eigenvalue weighted by Crippen LogP contribution is -2.15. The molecule has 7 heteroatoms. The highest BCUT2D eigenvalue weighted by atomic mass is 31.2. The smallest absolute Gasteiger partial charge is 0.368 e. The topological polar surface area (TPSA) is 96.2 Å². The molecule has 1 aliphatic rings. The maximum absolute atomic E-state index is 11.9. The zero-order chi connectivity index (χ0) is 12.5. The van der Waals surface area contributed by atoms with Crippen molar-refractivity contribution < 1.29 is 24.0 Å². The van der Waals surface area contributed by atoms with Crippen LogP contribution in [-0.2, 0) is 9.40 Å². The van der Waals surface area contributed by atoms with Gasteiger partial charge in [0.15, 0.2) is 0 Å². The van der Waals surface area contributed by atoms with Gasteiger partial charge in [-0.1, -0.05) is 35.5 Å². The molecule has 17 heavy (non-hydrogen) atoms. The van der Waals surface area contributed by atoms with E-state index in [9.17, 15) is 9.36 Å². The Morgan fingerprint density at radius 1 is 1.35 bits per heavy atom. The summed E-state index contributed by atoms with van der Waals surface area (Å²) >= 11 is 0. The van der Waals surface area contributed by atoms with Crippen LogP contribution in [0.15, 0.2) is 35.5 Å². The summed E-state index contributed by atoms with van der Waals surface area (Å²) in [6.07, 6.45) is -0.169. The van der Waals surface area contributed by atoms with E-state index in [-0.39, 0.29) is 17.9 Å². The Labute approximate surface area is 97.1 Å². The molecule has 1 aromatic carbocycles. The van der Waals surface area contributed by atoms with E-state index < -0.39 is 13.4 Å². The summed E-state index contributed by atoms with van der Waals surface area (Å²) in [6.45, 7) is 0. The second kappa shape index (κ2) is 4.41. The van der Waals surface area contributed by atoms with Crippen molar-refractivity contribution in [2.45, 2.75) is 12.3 Å².